The number of benzene rings is 2. The molecule has 0 aliphatic rings. The molecule has 30 heavy (non-hydrogen) atoms. The van der Waals surface area contributed by atoms with Crippen LogP contribution >= 0.6 is 0 Å². The Bertz CT molecular complexity index is 996. The predicted octanol–water partition coefficient (Wildman–Crippen LogP) is 1.69. The van der Waals surface area contributed by atoms with Crippen LogP contribution in [0.25, 0.3) is 0 Å². The van der Waals surface area contributed by atoms with Crippen LogP contribution in [0, 0.1) is 0 Å². The van der Waals surface area contributed by atoms with E-state index < -0.39 is 11.9 Å². The molecule has 0 aliphatic heterocycles. The first-order chi connectivity index (χ1) is 14.0. The molecule has 3 rings (SSSR count). The van der Waals surface area contributed by atoms with Crippen molar-refractivity contribution in [2.45, 2.75) is 0 Å². The molecule has 1 aromatic heterocycles. The van der Waals surface area contributed by atoms with Crippen LogP contribution in [0.4, 0.5) is 0 Å². The van der Waals surface area contributed by atoms with E-state index in [1.807, 2.05) is 0 Å². The average molecular weight is 455 g/mol. The van der Waals surface area contributed by atoms with Gasteiger partial charge in [0.05, 0.1) is 18.9 Å². The van der Waals surface area contributed by atoms with Crippen LogP contribution in [0.15, 0.2) is 83.3 Å². The number of methoxy groups -OCH3 is 1. The van der Waals surface area contributed by atoms with Crippen molar-refractivity contribution in [1.82, 2.24) is 4.98 Å². The largest absolute Gasteiger partial charge is 2.00 e. The monoisotopic (exact) mass is 454 g/mol. The van der Waals surface area contributed by atoms with E-state index in [2.05, 4.69) is 15.2 Å². The quantitative estimate of drug-likeness (QED) is 0.270. The number of nitrogens with zero attached hydrogens (tertiary/aromatic N) is 3. The van der Waals surface area contributed by atoms with Crippen LogP contribution in [0.3, 0.4) is 0 Å². The van der Waals surface area contributed by atoms with E-state index in [1.165, 1.54) is 37.9 Å². The van der Waals surface area contributed by atoms with E-state index >= 15 is 0 Å². The summed E-state index contributed by atoms with van der Waals surface area (Å²) in [6.45, 7) is 0. The minimum atomic E-state index is -0.919. The first-order valence-electron chi connectivity index (χ1n) is 8.33. The van der Waals surface area contributed by atoms with Crippen LogP contribution in [0.1, 0.15) is 21.5 Å². The second-order valence-corrected chi connectivity index (χ2v) is 5.44. The Morgan fingerprint density at radius 1 is 1.03 bits per heavy atom. The molecule has 1 heterocycles. The molecular weight excluding hydrogens is 438 g/mol. The number of aromatic nitrogens is 1. The van der Waals surface area contributed by atoms with Crippen molar-refractivity contribution in [2.75, 3.05) is 7.11 Å². The number of carbonyl (C=O) groups is 1. The molecule has 8 nitrogen and oxygen atoms in total. The van der Waals surface area contributed by atoms with E-state index in [-0.39, 0.29) is 34.1 Å². The Kier molecular flexibility index (Phi) is 10.3. The number of pyridine rings is 1. The zero-order chi connectivity index (χ0) is 21.1. The molecule has 157 valence electrons. The summed E-state index contributed by atoms with van der Waals surface area (Å²) in [6.07, 6.45) is 4.14. The molecule has 0 bridgehead atoms. The van der Waals surface area contributed by atoms with Crippen molar-refractivity contribution in [2.24, 2.45) is 10.2 Å². The second kappa shape index (κ2) is 12.7. The standard InChI is InChI=1S/C15H14N2O3.C6H5NO2.Cu/c1-20-13-9-5-8-12(14(13)18)10-16-17-15(19)11-6-3-2-4-7-11;8-6(9)5-1-3-7-4-2-5;/h2-10,18H,1H3,(H,17,19);1-4H,(H,8,9);/q;;+2/p-2/b16-10+;;. The van der Waals surface area contributed by atoms with E-state index in [9.17, 15) is 15.0 Å². The number of aromatic carboxylic acids is 1. The summed E-state index contributed by atoms with van der Waals surface area (Å²) in [6, 6.07) is 16.3. The van der Waals surface area contributed by atoms with Gasteiger partial charge in [0.1, 0.15) is 5.75 Å². The van der Waals surface area contributed by atoms with E-state index in [1.54, 1.807) is 48.5 Å². The number of hydrogen-bond donors (Lipinski definition) is 1. The molecule has 0 saturated heterocycles. The number of carboxylic acids is 1. The number of ether oxygens (including phenoxy) is 1. The maximum atomic E-state index is 11.8. The van der Waals surface area contributed by atoms with E-state index in [4.69, 9.17) is 9.84 Å². The maximum absolute atomic E-state index is 11.8. The summed E-state index contributed by atoms with van der Waals surface area (Å²) in [5.41, 5.74) is 1.02. The summed E-state index contributed by atoms with van der Waals surface area (Å²) in [4.78, 5) is 13.8. The van der Waals surface area contributed by atoms with Gasteiger partial charge in [-0.25, -0.2) is 4.79 Å². The maximum Gasteiger partial charge on any atom is 2.00 e. The number of hydrogen-bond acceptors (Lipinski definition) is 7. The van der Waals surface area contributed by atoms with Crippen LogP contribution in [-0.2, 0) is 17.1 Å². The molecule has 3 aromatic rings. The minimum Gasteiger partial charge on any atom is -0.870 e. The first-order valence-corrected chi connectivity index (χ1v) is 8.33. The topological polar surface area (TPSA) is 130 Å². The molecular formula is C21H17CuN3O5. The Morgan fingerprint density at radius 3 is 2.27 bits per heavy atom. The Morgan fingerprint density at radius 2 is 1.70 bits per heavy atom. The zero-order valence-electron chi connectivity index (χ0n) is 15.7. The summed E-state index contributed by atoms with van der Waals surface area (Å²) in [5, 5.41) is 39.0. The van der Waals surface area contributed by atoms with Gasteiger partial charge in [-0.15, -0.1) is 0 Å². The van der Waals surface area contributed by atoms with Gasteiger partial charge in [0.15, 0.2) is 0 Å². The Hall–Kier alpha value is -3.68. The van der Waals surface area contributed by atoms with Crippen molar-refractivity contribution in [1.29, 1.82) is 0 Å². The average Bonchev–Trinajstić information content (AvgIpc) is 2.76. The van der Waals surface area contributed by atoms with Gasteiger partial charge in [0.25, 0.3) is 0 Å². The Balaban J connectivity index is 0.000000379. The molecule has 9 heteroatoms. The smallest absolute Gasteiger partial charge is 0.870 e. The van der Waals surface area contributed by atoms with Crippen molar-refractivity contribution in [3.63, 3.8) is 0 Å². The van der Waals surface area contributed by atoms with E-state index in [0.29, 0.717) is 11.1 Å². The third-order valence-electron chi connectivity index (χ3n) is 3.52. The van der Waals surface area contributed by atoms with Gasteiger partial charge >= 0.3 is 23.0 Å². The van der Waals surface area contributed by atoms with Crippen LogP contribution in [0.2, 0.25) is 0 Å². The molecule has 0 amide bonds. The molecule has 0 fully saturated rings. The van der Waals surface area contributed by atoms with Crippen molar-refractivity contribution in [3.05, 3.63) is 89.7 Å². The number of carboxylic acid groups (broad SMARTS) is 1. The van der Waals surface area contributed by atoms with Gasteiger partial charge in [0.2, 0.25) is 0 Å². The summed E-state index contributed by atoms with van der Waals surface area (Å²) in [7, 11) is 1.42. The van der Waals surface area contributed by atoms with Gasteiger partial charge in [-0.3, -0.25) is 4.98 Å². The normalized spacial score (nSPS) is 10.5. The molecule has 1 N–H and O–H groups in total. The third kappa shape index (κ3) is 7.38. The SMILES string of the molecule is COc1cccc(/C=N/N=C(\[O-])c2ccccc2)c1[O-].O=C(O)c1ccncc1.[Cu+2]. The fraction of sp³-hybridized carbons (Fsp3) is 0.0476. The predicted molar refractivity (Wildman–Crippen MR) is 104 cm³/mol. The van der Waals surface area contributed by atoms with Crippen molar-refractivity contribution < 1.29 is 41.9 Å². The third-order valence-corrected chi connectivity index (χ3v) is 3.52. The van der Waals surface area contributed by atoms with Gasteiger partial charge < -0.3 is 20.1 Å². The molecule has 1 radical (unpaired) electrons. The van der Waals surface area contributed by atoms with Gasteiger partial charge in [-0.2, -0.15) is 10.2 Å². The number of rotatable bonds is 5. The molecule has 2 aromatic carbocycles. The fourth-order valence-electron chi connectivity index (χ4n) is 2.07. The van der Waals surface area contributed by atoms with Gasteiger partial charge in [-0.1, -0.05) is 48.2 Å². The molecule has 0 spiro atoms. The van der Waals surface area contributed by atoms with Crippen LogP contribution in [-0.4, -0.2) is 35.3 Å². The Labute approximate surface area is 183 Å². The summed E-state index contributed by atoms with van der Waals surface area (Å²) in [5.74, 6) is -1.45. The number of para-hydroxylation sites is 1. The molecule has 0 unspecified atom stereocenters. The second-order valence-electron chi connectivity index (χ2n) is 5.44. The van der Waals surface area contributed by atoms with Crippen molar-refractivity contribution >= 4 is 18.1 Å². The fourth-order valence-corrected chi connectivity index (χ4v) is 2.07. The summed E-state index contributed by atoms with van der Waals surface area (Å²) >= 11 is 0. The van der Waals surface area contributed by atoms with E-state index in [0.717, 1.165) is 0 Å². The first kappa shape index (κ1) is 24.4. The van der Waals surface area contributed by atoms with Gasteiger partial charge in [-0.05, 0) is 29.3 Å². The van der Waals surface area contributed by atoms with Crippen LogP contribution in [0.5, 0.6) is 11.5 Å². The van der Waals surface area contributed by atoms with Crippen molar-refractivity contribution in [3.8, 4) is 11.5 Å². The minimum absolute atomic E-state index is 0. The van der Waals surface area contributed by atoms with Gasteiger partial charge in [0, 0.05) is 18.3 Å². The molecule has 0 atom stereocenters. The molecule has 0 aliphatic carbocycles. The summed E-state index contributed by atoms with van der Waals surface area (Å²) < 4.78 is 4.91. The van der Waals surface area contributed by atoms with Crippen LogP contribution < -0.4 is 14.9 Å². The zero-order valence-corrected chi connectivity index (χ0v) is 16.7. The molecule has 0 saturated carbocycles.